The number of benzene rings is 1. The summed E-state index contributed by atoms with van der Waals surface area (Å²) in [5.74, 6) is 1.54. The van der Waals surface area contributed by atoms with Crippen molar-refractivity contribution in [3.8, 4) is 5.75 Å². The van der Waals surface area contributed by atoms with Crippen molar-refractivity contribution >= 4 is 23.5 Å². The van der Waals surface area contributed by atoms with Crippen LogP contribution in [0.5, 0.6) is 5.75 Å². The van der Waals surface area contributed by atoms with E-state index in [0.29, 0.717) is 12.4 Å². The van der Waals surface area contributed by atoms with Gasteiger partial charge in [-0.3, -0.25) is 4.98 Å². The van der Waals surface area contributed by atoms with Crippen molar-refractivity contribution in [3.05, 3.63) is 36.5 Å². The highest BCUT2D eigenvalue weighted by molar-refractivity contribution is 7.80. The molecule has 0 bridgehead atoms. The molecule has 2 nitrogen and oxygen atoms in total. The minimum absolute atomic E-state index is 0.610. The summed E-state index contributed by atoms with van der Waals surface area (Å²) in [5.41, 5.74) is 0.914. The van der Waals surface area contributed by atoms with Crippen molar-refractivity contribution in [1.29, 1.82) is 0 Å². The summed E-state index contributed by atoms with van der Waals surface area (Å²) in [6, 6.07) is 9.87. The maximum absolute atomic E-state index is 5.53. The van der Waals surface area contributed by atoms with Crippen LogP contribution in [-0.4, -0.2) is 17.3 Å². The van der Waals surface area contributed by atoms with Crippen molar-refractivity contribution in [2.75, 3.05) is 12.4 Å². The third-order valence-corrected chi connectivity index (χ3v) is 2.13. The van der Waals surface area contributed by atoms with E-state index in [4.69, 9.17) is 4.74 Å². The first kappa shape index (κ1) is 9.34. The second-order valence-electron chi connectivity index (χ2n) is 2.90. The monoisotopic (exact) mass is 205 g/mol. The van der Waals surface area contributed by atoms with Gasteiger partial charge in [0.15, 0.2) is 0 Å². The zero-order chi connectivity index (χ0) is 9.80. The molecule has 0 amide bonds. The summed E-state index contributed by atoms with van der Waals surface area (Å²) in [5, 5.41) is 1.10. The number of hydrogen-bond acceptors (Lipinski definition) is 3. The minimum atomic E-state index is 0.610. The van der Waals surface area contributed by atoms with Gasteiger partial charge in [0.05, 0.1) is 6.61 Å². The maximum Gasteiger partial charge on any atom is 0.145 e. The molecule has 0 aliphatic carbocycles. The number of thiol groups is 1. The normalized spacial score (nSPS) is 10.4. The van der Waals surface area contributed by atoms with Crippen molar-refractivity contribution in [2.24, 2.45) is 0 Å². The van der Waals surface area contributed by atoms with Gasteiger partial charge < -0.3 is 4.74 Å². The highest BCUT2D eigenvalue weighted by atomic mass is 32.1. The van der Waals surface area contributed by atoms with Crippen LogP contribution in [0.4, 0.5) is 0 Å². The van der Waals surface area contributed by atoms with Crippen LogP contribution in [0.15, 0.2) is 36.5 Å². The summed E-state index contributed by atoms with van der Waals surface area (Å²) in [7, 11) is 0. The number of nitrogens with zero attached hydrogens (tertiary/aromatic N) is 1. The quantitative estimate of drug-likeness (QED) is 0.778. The fourth-order valence-corrected chi connectivity index (χ4v) is 1.44. The van der Waals surface area contributed by atoms with Crippen molar-refractivity contribution in [3.63, 3.8) is 0 Å². The predicted octanol–water partition coefficient (Wildman–Crippen LogP) is 2.54. The molecule has 2 aromatic rings. The summed E-state index contributed by atoms with van der Waals surface area (Å²) < 4.78 is 5.53. The fourth-order valence-electron chi connectivity index (χ4n) is 1.35. The topological polar surface area (TPSA) is 22.1 Å². The molecule has 0 aliphatic heterocycles. The average molecular weight is 205 g/mol. The van der Waals surface area contributed by atoms with Crippen LogP contribution in [0.25, 0.3) is 10.9 Å². The fraction of sp³-hybridized carbons (Fsp3) is 0.182. The van der Waals surface area contributed by atoms with Gasteiger partial charge in [0.25, 0.3) is 0 Å². The van der Waals surface area contributed by atoms with E-state index in [1.165, 1.54) is 0 Å². The largest absolute Gasteiger partial charge is 0.490 e. The molecule has 0 spiro atoms. The number of ether oxygens (including phenoxy) is 1. The minimum Gasteiger partial charge on any atom is -0.490 e. The summed E-state index contributed by atoms with van der Waals surface area (Å²) in [6.45, 7) is 0.610. The molecule has 0 atom stereocenters. The second kappa shape index (κ2) is 4.33. The van der Waals surface area contributed by atoms with Crippen LogP contribution in [0.1, 0.15) is 0 Å². The van der Waals surface area contributed by atoms with Gasteiger partial charge in [0, 0.05) is 17.3 Å². The van der Waals surface area contributed by atoms with Gasteiger partial charge in [-0.25, -0.2) is 0 Å². The number of pyridine rings is 1. The maximum atomic E-state index is 5.53. The molecule has 0 saturated heterocycles. The molecule has 0 saturated carbocycles. The SMILES string of the molecule is SCCOc1cccc2cccnc12. The van der Waals surface area contributed by atoms with E-state index in [1.54, 1.807) is 6.20 Å². The highest BCUT2D eigenvalue weighted by Gasteiger charge is 2.00. The Bertz CT molecular complexity index is 425. The predicted molar refractivity (Wildman–Crippen MR) is 61.1 cm³/mol. The van der Waals surface area contributed by atoms with Crippen molar-refractivity contribution in [2.45, 2.75) is 0 Å². The summed E-state index contributed by atoms with van der Waals surface area (Å²) in [4.78, 5) is 4.28. The van der Waals surface area contributed by atoms with Gasteiger partial charge in [-0.1, -0.05) is 18.2 Å². The molecular weight excluding hydrogens is 194 g/mol. The molecule has 2 rings (SSSR count). The van der Waals surface area contributed by atoms with E-state index in [2.05, 4.69) is 17.6 Å². The standard InChI is InChI=1S/C11H11NOS/c14-8-7-13-10-5-1-3-9-4-2-6-12-11(9)10/h1-6,14H,7-8H2. The Morgan fingerprint density at radius 2 is 2.07 bits per heavy atom. The Morgan fingerprint density at radius 1 is 1.21 bits per heavy atom. The first-order chi connectivity index (χ1) is 6.92. The smallest absolute Gasteiger partial charge is 0.145 e. The Hall–Kier alpha value is -1.22. The van der Waals surface area contributed by atoms with Crippen LogP contribution >= 0.6 is 12.6 Å². The van der Waals surface area contributed by atoms with E-state index in [1.807, 2.05) is 30.3 Å². The van der Waals surface area contributed by atoms with E-state index in [-0.39, 0.29) is 0 Å². The van der Waals surface area contributed by atoms with E-state index in [9.17, 15) is 0 Å². The molecule has 1 aromatic carbocycles. The van der Waals surface area contributed by atoms with Crippen LogP contribution in [-0.2, 0) is 0 Å². The lowest BCUT2D eigenvalue weighted by molar-refractivity contribution is 0.348. The number of hydrogen-bond donors (Lipinski definition) is 1. The second-order valence-corrected chi connectivity index (χ2v) is 3.35. The average Bonchev–Trinajstić information content (AvgIpc) is 2.26. The van der Waals surface area contributed by atoms with Gasteiger partial charge in [-0.2, -0.15) is 12.6 Å². The molecule has 0 unspecified atom stereocenters. The van der Waals surface area contributed by atoms with Crippen LogP contribution in [0.2, 0.25) is 0 Å². The number of aromatic nitrogens is 1. The molecule has 72 valence electrons. The third-order valence-electron chi connectivity index (χ3n) is 1.94. The van der Waals surface area contributed by atoms with Crippen molar-refractivity contribution < 1.29 is 4.74 Å². The Labute approximate surface area is 88.3 Å². The number of fused-ring (bicyclic) bond motifs is 1. The molecule has 0 aliphatic rings. The number of rotatable bonds is 3. The van der Waals surface area contributed by atoms with E-state index in [0.717, 1.165) is 16.7 Å². The third kappa shape index (κ3) is 1.82. The molecule has 0 fully saturated rings. The number of para-hydroxylation sites is 1. The van der Waals surface area contributed by atoms with Crippen LogP contribution < -0.4 is 4.74 Å². The van der Waals surface area contributed by atoms with Gasteiger partial charge >= 0.3 is 0 Å². The van der Waals surface area contributed by atoms with Gasteiger partial charge in [-0.05, 0) is 12.1 Å². The summed E-state index contributed by atoms with van der Waals surface area (Å²) in [6.07, 6.45) is 1.77. The Balaban J connectivity index is 2.43. The molecule has 14 heavy (non-hydrogen) atoms. The Morgan fingerprint density at radius 3 is 2.93 bits per heavy atom. The van der Waals surface area contributed by atoms with E-state index < -0.39 is 0 Å². The molecule has 1 aromatic heterocycles. The zero-order valence-electron chi connectivity index (χ0n) is 7.68. The van der Waals surface area contributed by atoms with E-state index >= 15 is 0 Å². The first-order valence-electron chi connectivity index (χ1n) is 4.49. The lowest BCUT2D eigenvalue weighted by Gasteiger charge is -2.06. The molecule has 0 radical (unpaired) electrons. The summed E-state index contributed by atoms with van der Waals surface area (Å²) >= 11 is 4.10. The molecule has 1 heterocycles. The molecule has 0 N–H and O–H groups in total. The first-order valence-corrected chi connectivity index (χ1v) is 5.12. The highest BCUT2D eigenvalue weighted by Crippen LogP contribution is 2.22. The van der Waals surface area contributed by atoms with Crippen molar-refractivity contribution in [1.82, 2.24) is 4.98 Å². The molecule has 3 heteroatoms. The van der Waals surface area contributed by atoms with Gasteiger partial charge in [0.1, 0.15) is 11.3 Å². The lowest BCUT2D eigenvalue weighted by Crippen LogP contribution is -1.98. The molecular formula is C11H11NOS. The van der Waals surface area contributed by atoms with Gasteiger partial charge in [-0.15, -0.1) is 0 Å². The van der Waals surface area contributed by atoms with Gasteiger partial charge in [0.2, 0.25) is 0 Å². The van der Waals surface area contributed by atoms with Crippen LogP contribution in [0, 0.1) is 0 Å². The Kier molecular flexibility index (Phi) is 2.89. The zero-order valence-corrected chi connectivity index (χ0v) is 8.58. The lowest BCUT2D eigenvalue weighted by atomic mass is 10.2. The van der Waals surface area contributed by atoms with Crippen LogP contribution in [0.3, 0.4) is 0 Å².